The van der Waals surface area contributed by atoms with Gasteiger partial charge in [-0.15, -0.1) is 0 Å². The molecule has 0 saturated carbocycles. The van der Waals surface area contributed by atoms with Gasteiger partial charge in [0.2, 0.25) is 0 Å². The Morgan fingerprint density at radius 2 is 2.14 bits per heavy atom. The van der Waals surface area contributed by atoms with Crippen LogP contribution in [-0.2, 0) is 4.74 Å². The van der Waals surface area contributed by atoms with Gasteiger partial charge in [0.15, 0.2) is 0 Å². The molecule has 14 heavy (non-hydrogen) atoms. The molecule has 2 aliphatic rings. The number of aliphatic hydroxyl groups excluding tert-OH is 1. The summed E-state index contributed by atoms with van der Waals surface area (Å²) in [5.41, 5.74) is 0. The minimum Gasteiger partial charge on any atom is -0.390 e. The second kappa shape index (κ2) is 4.14. The summed E-state index contributed by atoms with van der Waals surface area (Å²) in [6, 6.07) is 0.721. The Kier molecular flexibility index (Phi) is 3.07. The number of rotatable bonds is 2. The first-order valence-corrected chi connectivity index (χ1v) is 5.42. The maximum absolute atomic E-state index is 9.76. The normalized spacial score (nSPS) is 43.7. The Hall–Kier alpha value is -0.160. The van der Waals surface area contributed by atoms with Gasteiger partial charge in [0.1, 0.15) is 0 Å². The van der Waals surface area contributed by atoms with E-state index >= 15 is 0 Å². The minimum absolute atomic E-state index is 0.229. The minimum atomic E-state index is -0.229. The predicted molar refractivity (Wildman–Crippen MR) is 54.2 cm³/mol. The average molecular weight is 200 g/mol. The van der Waals surface area contributed by atoms with Crippen molar-refractivity contribution in [2.45, 2.75) is 37.6 Å². The van der Waals surface area contributed by atoms with E-state index < -0.39 is 0 Å². The Morgan fingerprint density at radius 1 is 1.36 bits per heavy atom. The van der Waals surface area contributed by atoms with Crippen molar-refractivity contribution in [2.75, 3.05) is 26.7 Å². The molecule has 2 unspecified atom stereocenters. The molecule has 0 aromatic carbocycles. The van der Waals surface area contributed by atoms with Crippen molar-refractivity contribution in [1.29, 1.82) is 0 Å². The molecule has 2 aliphatic heterocycles. The summed E-state index contributed by atoms with van der Waals surface area (Å²) in [6.45, 7) is 4.58. The van der Waals surface area contributed by atoms with E-state index in [-0.39, 0.29) is 12.1 Å². The van der Waals surface area contributed by atoms with Gasteiger partial charge >= 0.3 is 0 Å². The fourth-order valence-corrected chi connectivity index (χ4v) is 2.57. The Balaban J connectivity index is 1.96. The zero-order valence-corrected chi connectivity index (χ0v) is 8.94. The number of aliphatic hydroxyl groups is 1. The molecule has 0 aliphatic carbocycles. The fraction of sp³-hybridized carbons (Fsp3) is 1.00. The van der Waals surface area contributed by atoms with Gasteiger partial charge in [-0.25, -0.2) is 0 Å². The van der Waals surface area contributed by atoms with E-state index in [1.54, 1.807) is 0 Å². The second-order valence-corrected chi connectivity index (χ2v) is 4.39. The van der Waals surface area contributed by atoms with Gasteiger partial charge in [-0.2, -0.15) is 0 Å². The molecule has 2 N–H and O–H groups in total. The van der Waals surface area contributed by atoms with Gasteiger partial charge in [0, 0.05) is 31.8 Å². The highest BCUT2D eigenvalue weighted by Crippen LogP contribution is 2.22. The summed E-state index contributed by atoms with van der Waals surface area (Å²) < 4.78 is 5.54. The van der Waals surface area contributed by atoms with Crippen LogP contribution in [0.25, 0.3) is 0 Å². The van der Waals surface area contributed by atoms with Crippen LogP contribution in [0, 0.1) is 0 Å². The Bertz CT molecular complexity index is 181. The Morgan fingerprint density at radius 3 is 2.64 bits per heavy atom. The third-order valence-corrected chi connectivity index (χ3v) is 3.53. The molecule has 0 bridgehead atoms. The van der Waals surface area contributed by atoms with Gasteiger partial charge in [-0.3, -0.25) is 4.90 Å². The number of likely N-dealkylation sites (N-methyl/N-ethyl adjacent to an activating group) is 1. The lowest BCUT2D eigenvalue weighted by Crippen LogP contribution is -2.48. The highest BCUT2D eigenvalue weighted by atomic mass is 16.5. The lowest BCUT2D eigenvalue weighted by molar-refractivity contribution is 0.0367. The van der Waals surface area contributed by atoms with Crippen LogP contribution >= 0.6 is 0 Å². The smallest absolute Gasteiger partial charge is 0.0831 e. The molecule has 0 amide bonds. The summed E-state index contributed by atoms with van der Waals surface area (Å²) >= 11 is 0. The predicted octanol–water partition coefficient (Wildman–Crippen LogP) is -0.572. The van der Waals surface area contributed by atoms with Crippen molar-refractivity contribution >= 4 is 0 Å². The van der Waals surface area contributed by atoms with Gasteiger partial charge in [-0.05, 0) is 20.4 Å². The van der Waals surface area contributed by atoms with Crippen LogP contribution in [0.4, 0.5) is 0 Å². The van der Waals surface area contributed by atoms with Crippen molar-refractivity contribution < 1.29 is 9.84 Å². The third-order valence-electron chi connectivity index (χ3n) is 3.53. The highest BCUT2D eigenvalue weighted by molar-refractivity contribution is 4.92. The van der Waals surface area contributed by atoms with Crippen LogP contribution in [0.1, 0.15) is 13.3 Å². The van der Waals surface area contributed by atoms with Crippen molar-refractivity contribution in [3.63, 3.8) is 0 Å². The first-order chi connectivity index (χ1) is 6.70. The second-order valence-electron chi connectivity index (χ2n) is 4.39. The largest absolute Gasteiger partial charge is 0.390 e. The zero-order chi connectivity index (χ0) is 10.1. The number of ether oxygens (including phenoxy) is 1. The number of nitrogens with zero attached hydrogens (tertiary/aromatic N) is 1. The SMILES string of the molecule is CC1OCCC1N(C)[C@@H]1CNC[C@H]1O. The van der Waals surface area contributed by atoms with Crippen LogP contribution in [0.2, 0.25) is 0 Å². The van der Waals surface area contributed by atoms with Crippen molar-refractivity contribution in [3.05, 3.63) is 0 Å². The van der Waals surface area contributed by atoms with E-state index in [0.717, 1.165) is 26.1 Å². The number of hydrogen-bond donors (Lipinski definition) is 2. The summed E-state index contributed by atoms with van der Waals surface area (Å²) in [4.78, 5) is 2.28. The molecule has 0 aromatic heterocycles. The molecule has 4 nitrogen and oxygen atoms in total. The molecule has 2 saturated heterocycles. The lowest BCUT2D eigenvalue weighted by atomic mass is 10.1. The molecular weight excluding hydrogens is 180 g/mol. The fourth-order valence-electron chi connectivity index (χ4n) is 2.57. The van der Waals surface area contributed by atoms with E-state index in [0.29, 0.717) is 12.1 Å². The molecule has 0 spiro atoms. The molecular formula is C10H20N2O2. The van der Waals surface area contributed by atoms with Crippen LogP contribution in [-0.4, -0.2) is 61.0 Å². The van der Waals surface area contributed by atoms with Crippen LogP contribution in [0.3, 0.4) is 0 Å². The van der Waals surface area contributed by atoms with Gasteiger partial charge < -0.3 is 15.2 Å². The molecule has 4 heteroatoms. The topological polar surface area (TPSA) is 44.7 Å². The zero-order valence-electron chi connectivity index (χ0n) is 8.94. The first-order valence-electron chi connectivity index (χ1n) is 5.42. The number of nitrogens with one attached hydrogen (secondary N) is 1. The van der Waals surface area contributed by atoms with Crippen molar-refractivity contribution in [3.8, 4) is 0 Å². The van der Waals surface area contributed by atoms with Gasteiger partial charge in [-0.1, -0.05) is 0 Å². The van der Waals surface area contributed by atoms with E-state index in [4.69, 9.17) is 4.74 Å². The summed E-state index contributed by atoms with van der Waals surface area (Å²) in [7, 11) is 2.09. The van der Waals surface area contributed by atoms with Crippen LogP contribution < -0.4 is 5.32 Å². The molecule has 2 heterocycles. The van der Waals surface area contributed by atoms with Crippen molar-refractivity contribution in [1.82, 2.24) is 10.2 Å². The average Bonchev–Trinajstić information content (AvgIpc) is 2.73. The summed E-state index contributed by atoms with van der Waals surface area (Å²) in [5.74, 6) is 0. The molecule has 4 atom stereocenters. The van der Waals surface area contributed by atoms with E-state index in [9.17, 15) is 5.11 Å². The van der Waals surface area contributed by atoms with E-state index in [2.05, 4.69) is 24.2 Å². The van der Waals surface area contributed by atoms with E-state index in [1.807, 2.05) is 0 Å². The molecule has 2 rings (SSSR count). The van der Waals surface area contributed by atoms with Crippen molar-refractivity contribution in [2.24, 2.45) is 0 Å². The van der Waals surface area contributed by atoms with Crippen LogP contribution in [0.15, 0.2) is 0 Å². The highest BCUT2D eigenvalue weighted by Gasteiger charge is 2.36. The van der Waals surface area contributed by atoms with E-state index in [1.165, 1.54) is 0 Å². The van der Waals surface area contributed by atoms with Crippen LogP contribution in [0.5, 0.6) is 0 Å². The molecule has 2 fully saturated rings. The third kappa shape index (κ3) is 1.80. The summed E-state index contributed by atoms with van der Waals surface area (Å²) in [5, 5.41) is 13.0. The quantitative estimate of drug-likeness (QED) is 0.626. The number of β-amino-alcohol motifs (C(OH)–C–C–N with tert-alkyl or cyclic N) is 1. The monoisotopic (exact) mass is 200 g/mol. The number of hydrogen-bond acceptors (Lipinski definition) is 4. The van der Waals surface area contributed by atoms with Gasteiger partial charge in [0.05, 0.1) is 12.2 Å². The maximum Gasteiger partial charge on any atom is 0.0831 e. The molecule has 0 aromatic rings. The standard InChI is InChI=1S/C10H20N2O2/c1-7-8(3-4-14-7)12(2)9-5-11-6-10(9)13/h7-11,13H,3-6H2,1-2H3/t7?,8?,9-,10-/m1/s1. The first kappa shape index (κ1) is 10.4. The van der Waals surface area contributed by atoms with Gasteiger partial charge in [0.25, 0.3) is 0 Å². The lowest BCUT2D eigenvalue weighted by Gasteiger charge is -2.33. The molecule has 82 valence electrons. The Labute approximate surface area is 85.2 Å². The maximum atomic E-state index is 9.76. The summed E-state index contributed by atoms with van der Waals surface area (Å²) in [6.07, 6.45) is 1.15. The molecule has 0 radical (unpaired) electrons.